The number of rotatable bonds is 4. The Balaban J connectivity index is 1.97. The highest BCUT2D eigenvalue weighted by Gasteiger charge is 2.08. The van der Waals surface area contributed by atoms with Crippen molar-refractivity contribution in [3.63, 3.8) is 0 Å². The maximum absolute atomic E-state index is 11.8. The number of nitro groups is 1. The van der Waals surface area contributed by atoms with Gasteiger partial charge in [0.2, 0.25) is 0 Å². The van der Waals surface area contributed by atoms with E-state index in [2.05, 4.69) is 10.3 Å². The summed E-state index contributed by atoms with van der Waals surface area (Å²) >= 11 is 0. The molecule has 1 aromatic heterocycles. The molecule has 0 saturated carbocycles. The van der Waals surface area contributed by atoms with Crippen molar-refractivity contribution < 1.29 is 9.72 Å². The monoisotopic (exact) mass is 282 g/mol. The van der Waals surface area contributed by atoms with Crippen molar-refractivity contribution in [2.45, 2.75) is 6.54 Å². The minimum atomic E-state index is -0.483. The molecule has 0 aliphatic heterocycles. The summed E-state index contributed by atoms with van der Waals surface area (Å²) < 4.78 is 0. The second kappa shape index (κ2) is 6.25. The maximum Gasteiger partial charge on any atom is 0.270 e. The number of nitrogens with zero attached hydrogens (tertiary/aromatic N) is 3. The van der Waals surface area contributed by atoms with Crippen molar-refractivity contribution in [1.82, 2.24) is 10.3 Å². The molecule has 0 aliphatic carbocycles. The highest BCUT2D eigenvalue weighted by molar-refractivity contribution is 5.92. The van der Waals surface area contributed by atoms with E-state index in [1.54, 1.807) is 12.1 Å². The van der Waals surface area contributed by atoms with E-state index in [4.69, 9.17) is 5.26 Å². The Morgan fingerprint density at radius 1 is 1.29 bits per heavy atom. The lowest BCUT2D eigenvalue weighted by Crippen LogP contribution is -2.23. The Hall–Kier alpha value is -3.27. The van der Waals surface area contributed by atoms with Gasteiger partial charge in [0, 0.05) is 24.9 Å². The number of nitriles is 1. The van der Waals surface area contributed by atoms with Gasteiger partial charge >= 0.3 is 0 Å². The number of benzene rings is 1. The van der Waals surface area contributed by atoms with E-state index in [0.717, 1.165) is 5.56 Å². The summed E-state index contributed by atoms with van der Waals surface area (Å²) in [6.45, 7) is 0.235. The summed E-state index contributed by atoms with van der Waals surface area (Å²) in [6.07, 6.45) is 1.32. The van der Waals surface area contributed by atoms with E-state index in [1.807, 2.05) is 6.07 Å². The average molecular weight is 282 g/mol. The van der Waals surface area contributed by atoms with Gasteiger partial charge < -0.3 is 5.32 Å². The van der Waals surface area contributed by atoms with Crippen molar-refractivity contribution in [1.29, 1.82) is 5.26 Å². The number of nitro benzene ring substituents is 1. The van der Waals surface area contributed by atoms with Crippen molar-refractivity contribution >= 4 is 11.6 Å². The van der Waals surface area contributed by atoms with Crippen LogP contribution < -0.4 is 5.32 Å². The summed E-state index contributed by atoms with van der Waals surface area (Å²) in [5, 5.41) is 21.8. The van der Waals surface area contributed by atoms with Crippen LogP contribution in [0, 0.1) is 21.4 Å². The SMILES string of the molecule is N#Cc1ccc(C(=O)NCc2ccc([N+](=O)[O-])cc2)nc1. The molecule has 21 heavy (non-hydrogen) atoms. The lowest BCUT2D eigenvalue weighted by atomic mass is 10.2. The van der Waals surface area contributed by atoms with Gasteiger partial charge in [-0.15, -0.1) is 0 Å². The normalized spacial score (nSPS) is 9.67. The molecular formula is C14H10N4O3. The first-order chi connectivity index (χ1) is 10.1. The van der Waals surface area contributed by atoms with E-state index in [-0.39, 0.29) is 23.8 Å². The van der Waals surface area contributed by atoms with Gasteiger partial charge in [0.05, 0.1) is 10.5 Å². The van der Waals surface area contributed by atoms with Crippen LogP contribution in [0.5, 0.6) is 0 Å². The van der Waals surface area contributed by atoms with Gasteiger partial charge in [-0.3, -0.25) is 14.9 Å². The van der Waals surface area contributed by atoms with E-state index in [0.29, 0.717) is 5.56 Å². The highest BCUT2D eigenvalue weighted by atomic mass is 16.6. The molecule has 7 nitrogen and oxygen atoms in total. The fourth-order valence-corrected chi connectivity index (χ4v) is 1.60. The Labute approximate surface area is 120 Å². The lowest BCUT2D eigenvalue weighted by Gasteiger charge is -2.04. The minimum Gasteiger partial charge on any atom is -0.347 e. The quantitative estimate of drug-likeness (QED) is 0.679. The second-order valence-corrected chi connectivity index (χ2v) is 4.15. The number of carbonyl (C=O) groups excluding carboxylic acids is 1. The third-order valence-electron chi connectivity index (χ3n) is 2.73. The zero-order chi connectivity index (χ0) is 15.2. The number of carbonyl (C=O) groups is 1. The second-order valence-electron chi connectivity index (χ2n) is 4.15. The molecule has 1 amide bonds. The van der Waals surface area contributed by atoms with Crippen LogP contribution in [-0.2, 0) is 6.54 Å². The molecule has 1 aromatic carbocycles. The molecule has 0 saturated heterocycles. The molecule has 0 atom stereocenters. The molecule has 2 aromatic rings. The number of hydrogen-bond acceptors (Lipinski definition) is 5. The molecule has 0 spiro atoms. The van der Waals surface area contributed by atoms with E-state index in [9.17, 15) is 14.9 Å². The van der Waals surface area contributed by atoms with Crippen molar-refractivity contribution in [3.05, 3.63) is 69.5 Å². The van der Waals surface area contributed by atoms with Crippen LogP contribution in [0.2, 0.25) is 0 Å². The number of pyridine rings is 1. The molecule has 0 unspecified atom stereocenters. The molecule has 0 aliphatic rings. The molecule has 0 bridgehead atoms. The average Bonchev–Trinajstić information content (AvgIpc) is 2.53. The first-order valence-electron chi connectivity index (χ1n) is 5.98. The van der Waals surface area contributed by atoms with Gasteiger partial charge in [-0.2, -0.15) is 5.26 Å². The third kappa shape index (κ3) is 3.61. The van der Waals surface area contributed by atoms with Gasteiger partial charge in [-0.05, 0) is 17.7 Å². The third-order valence-corrected chi connectivity index (χ3v) is 2.73. The predicted molar refractivity (Wildman–Crippen MR) is 73.2 cm³/mol. The summed E-state index contributed by atoms with van der Waals surface area (Å²) in [7, 11) is 0. The molecule has 104 valence electrons. The number of non-ortho nitro benzene ring substituents is 1. The van der Waals surface area contributed by atoms with Crippen molar-refractivity contribution in [2.75, 3.05) is 0 Å². The summed E-state index contributed by atoms with van der Waals surface area (Å²) in [5.41, 5.74) is 1.32. The molecule has 1 N–H and O–H groups in total. The number of hydrogen-bond donors (Lipinski definition) is 1. The van der Waals surface area contributed by atoms with Crippen LogP contribution in [-0.4, -0.2) is 15.8 Å². The Morgan fingerprint density at radius 2 is 2.00 bits per heavy atom. The zero-order valence-electron chi connectivity index (χ0n) is 10.8. The summed E-state index contributed by atoms with van der Waals surface area (Å²) in [6, 6.07) is 10.8. The molecule has 2 rings (SSSR count). The Kier molecular flexibility index (Phi) is 4.21. The smallest absolute Gasteiger partial charge is 0.270 e. The van der Waals surface area contributed by atoms with Crippen molar-refractivity contribution in [2.24, 2.45) is 0 Å². The maximum atomic E-state index is 11.8. The van der Waals surface area contributed by atoms with Crippen LogP contribution >= 0.6 is 0 Å². The minimum absolute atomic E-state index is 0.00108. The Morgan fingerprint density at radius 3 is 2.52 bits per heavy atom. The van der Waals surface area contributed by atoms with E-state index >= 15 is 0 Å². The van der Waals surface area contributed by atoms with Gasteiger partial charge in [-0.1, -0.05) is 12.1 Å². The summed E-state index contributed by atoms with van der Waals surface area (Å²) in [5.74, 6) is -0.377. The first-order valence-corrected chi connectivity index (χ1v) is 5.98. The zero-order valence-corrected chi connectivity index (χ0v) is 10.8. The van der Waals surface area contributed by atoms with E-state index < -0.39 is 4.92 Å². The number of amides is 1. The van der Waals surface area contributed by atoms with E-state index in [1.165, 1.54) is 30.5 Å². The predicted octanol–water partition coefficient (Wildman–Crippen LogP) is 1.79. The van der Waals surface area contributed by atoms with Gasteiger partial charge in [0.15, 0.2) is 0 Å². The van der Waals surface area contributed by atoms with Crippen molar-refractivity contribution in [3.8, 4) is 6.07 Å². The number of aromatic nitrogens is 1. The fraction of sp³-hybridized carbons (Fsp3) is 0.0714. The van der Waals surface area contributed by atoms with Gasteiger partial charge in [0.25, 0.3) is 11.6 Å². The van der Waals surface area contributed by atoms with Crippen LogP contribution in [0.25, 0.3) is 0 Å². The standard InChI is InChI=1S/C14H10N4O3/c15-7-11-3-6-13(16-9-11)14(19)17-8-10-1-4-12(5-2-10)18(20)21/h1-6,9H,8H2,(H,17,19). The fourth-order valence-electron chi connectivity index (χ4n) is 1.60. The summed E-state index contributed by atoms with van der Waals surface area (Å²) in [4.78, 5) is 25.7. The van der Waals surface area contributed by atoms with Gasteiger partial charge in [-0.25, -0.2) is 4.98 Å². The lowest BCUT2D eigenvalue weighted by molar-refractivity contribution is -0.384. The Bertz CT molecular complexity index is 702. The van der Waals surface area contributed by atoms with Crippen LogP contribution in [0.4, 0.5) is 5.69 Å². The molecule has 0 radical (unpaired) electrons. The largest absolute Gasteiger partial charge is 0.347 e. The highest BCUT2D eigenvalue weighted by Crippen LogP contribution is 2.11. The first kappa shape index (κ1) is 14.1. The number of nitrogens with one attached hydrogen (secondary N) is 1. The van der Waals surface area contributed by atoms with Crippen LogP contribution in [0.3, 0.4) is 0 Å². The molecule has 1 heterocycles. The molecule has 7 heteroatoms. The van der Waals surface area contributed by atoms with Crippen LogP contribution in [0.1, 0.15) is 21.6 Å². The molecule has 0 fully saturated rings. The van der Waals surface area contributed by atoms with Crippen LogP contribution in [0.15, 0.2) is 42.6 Å². The molecular weight excluding hydrogens is 272 g/mol. The topological polar surface area (TPSA) is 109 Å². The van der Waals surface area contributed by atoms with Gasteiger partial charge in [0.1, 0.15) is 11.8 Å².